The highest BCUT2D eigenvalue weighted by atomic mass is 32.2. The number of rotatable bonds is 5. The molecule has 4 aliphatic rings. The van der Waals surface area contributed by atoms with Gasteiger partial charge in [0.2, 0.25) is 0 Å². The maximum atomic E-state index is 13.1. The first-order valence-corrected chi connectivity index (χ1v) is 9.79. The summed E-state index contributed by atoms with van der Waals surface area (Å²) in [6.07, 6.45) is -1.44. The molecule has 0 heterocycles. The number of nitrogens with zero attached hydrogens (tertiary/aromatic N) is 1. The Morgan fingerprint density at radius 1 is 1.30 bits per heavy atom. The third-order valence-corrected chi connectivity index (χ3v) is 7.55. The van der Waals surface area contributed by atoms with Gasteiger partial charge in [0, 0.05) is 18.4 Å². The van der Waals surface area contributed by atoms with Crippen LogP contribution in [0.5, 0.6) is 0 Å². The normalized spacial score (nSPS) is 31.0. The zero-order valence-corrected chi connectivity index (χ0v) is 15.4. The lowest BCUT2D eigenvalue weighted by molar-refractivity contribution is -0.137. The molecule has 2 N–H and O–H groups in total. The number of alkyl halides is 3. The predicted molar refractivity (Wildman–Crippen MR) is 92.9 cm³/mol. The number of carbonyl (C=O) groups excluding carboxylic acids is 1. The van der Waals surface area contributed by atoms with Gasteiger partial charge in [0.25, 0.3) is 5.91 Å². The van der Waals surface area contributed by atoms with Crippen LogP contribution in [0.4, 0.5) is 18.9 Å². The number of carbonyl (C=O) groups is 1. The molecule has 4 fully saturated rings. The van der Waals surface area contributed by atoms with Gasteiger partial charge in [-0.2, -0.15) is 18.4 Å². The van der Waals surface area contributed by atoms with Crippen LogP contribution in [0.1, 0.15) is 54.9 Å². The number of amides is 1. The van der Waals surface area contributed by atoms with E-state index in [1.54, 1.807) is 6.92 Å². The summed E-state index contributed by atoms with van der Waals surface area (Å²) >= 11 is -1.59. The third kappa shape index (κ3) is 3.05. The molecular weight excluding hydrogens is 379 g/mol. The van der Waals surface area contributed by atoms with Crippen LogP contribution in [0.3, 0.4) is 0 Å². The van der Waals surface area contributed by atoms with Gasteiger partial charge in [-0.1, -0.05) is 0 Å². The summed E-state index contributed by atoms with van der Waals surface area (Å²) in [5.74, 6) is -0.518. The summed E-state index contributed by atoms with van der Waals surface area (Å²) in [4.78, 5) is 12.7. The highest BCUT2D eigenvalue weighted by Crippen LogP contribution is 2.66. The van der Waals surface area contributed by atoms with Gasteiger partial charge < -0.3 is 9.87 Å². The smallest absolute Gasteiger partial charge is 0.416 e. The monoisotopic (exact) mass is 397 g/mol. The lowest BCUT2D eigenvalue weighted by Crippen LogP contribution is -2.74. The van der Waals surface area contributed by atoms with E-state index >= 15 is 0 Å². The largest absolute Gasteiger partial charge is 0.593 e. The highest BCUT2D eigenvalue weighted by Gasteiger charge is 2.69. The van der Waals surface area contributed by atoms with Crippen molar-refractivity contribution in [1.82, 2.24) is 5.32 Å². The maximum absolute atomic E-state index is 13.1. The molecule has 0 spiro atoms. The van der Waals surface area contributed by atoms with E-state index < -0.39 is 39.3 Å². The molecule has 5 nitrogen and oxygen atoms in total. The van der Waals surface area contributed by atoms with Crippen LogP contribution >= 0.6 is 0 Å². The molecule has 4 saturated carbocycles. The molecule has 1 atom stereocenters. The molecule has 0 radical (unpaired) electrons. The first-order chi connectivity index (χ1) is 12.5. The quantitative estimate of drug-likeness (QED) is 0.745. The molecule has 0 saturated heterocycles. The first-order valence-electron chi connectivity index (χ1n) is 8.64. The van der Waals surface area contributed by atoms with Gasteiger partial charge in [-0.25, -0.2) is 4.72 Å². The minimum atomic E-state index is -4.57. The summed E-state index contributed by atoms with van der Waals surface area (Å²) in [6.45, 7) is 1.78. The topological polar surface area (TPSA) is 88.0 Å². The van der Waals surface area contributed by atoms with Crippen LogP contribution in [-0.4, -0.2) is 20.7 Å². The van der Waals surface area contributed by atoms with Gasteiger partial charge in [0.05, 0.1) is 39.7 Å². The van der Waals surface area contributed by atoms with E-state index in [-0.39, 0.29) is 16.7 Å². The Morgan fingerprint density at radius 2 is 1.93 bits per heavy atom. The van der Waals surface area contributed by atoms with Gasteiger partial charge in [-0.15, -0.1) is 0 Å². The maximum Gasteiger partial charge on any atom is 0.416 e. The number of benzene rings is 1. The molecule has 1 aromatic carbocycles. The molecule has 1 aromatic rings. The molecule has 0 aliphatic heterocycles. The molecule has 1 unspecified atom stereocenters. The van der Waals surface area contributed by atoms with Gasteiger partial charge in [-0.3, -0.25) is 4.79 Å². The summed E-state index contributed by atoms with van der Waals surface area (Å²) in [5.41, 5.74) is -1.76. The van der Waals surface area contributed by atoms with E-state index in [0.29, 0.717) is 32.1 Å². The van der Waals surface area contributed by atoms with Crippen LogP contribution in [0.25, 0.3) is 0 Å². The Labute approximate surface area is 157 Å². The Morgan fingerprint density at radius 3 is 2.44 bits per heavy atom. The van der Waals surface area contributed by atoms with E-state index in [4.69, 9.17) is 5.26 Å². The van der Waals surface area contributed by atoms with E-state index in [9.17, 15) is 22.5 Å². The average molecular weight is 397 g/mol. The van der Waals surface area contributed by atoms with Crippen LogP contribution in [0.2, 0.25) is 0 Å². The van der Waals surface area contributed by atoms with E-state index in [2.05, 4.69) is 16.1 Å². The number of anilines is 1. The van der Waals surface area contributed by atoms with Crippen molar-refractivity contribution in [3.8, 4) is 6.07 Å². The Hall–Kier alpha value is -1.92. The standard InChI is InChI=1S/C18H18F3N3O2S/c1-15(4-5-15)27(26)24-13-6-11(18(19,20)21)2-3-12(13)14(25)23-17-7-16(8-17,9-17)10-22/h2-3,6,24H,4-5,7-9H2,1H3,(H,23,25). The number of hydrogen-bond donors (Lipinski definition) is 2. The first kappa shape index (κ1) is 18.4. The minimum Gasteiger partial charge on any atom is -0.593 e. The second-order valence-corrected chi connectivity index (χ2v) is 9.96. The molecule has 0 aromatic heterocycles. The number of nitrogens with one attached hydrogen (secondary N) is 2. The van der Waals surface area contributed by atoms with Crippen molar-refractivity contribution in [3.63, 3.8) is 0 Å². The zero-order valence-electron chi connectivity index (χ0n) is 14.6. The van der Waals surface area contributed by atoms with E-state index in [0.717, 1.165) is 18.2 Å². The van der Waals surface area contributed by atoms with Crippen molar-refractivity contribution in [2.75, 3.05) is 4.72 Å². The van der Waals surface area contributed by atoms with Crippen molar-refractivity contribution >= 4 is 23.0 Å². The molecular formula is C18H18F3N3O2S. The van der Waals surface area contributed by atoms with Crippen molar-refractivity contribution in [2.24, 2.45) is 5.41 Å². The number of hydrogen-bond acceptors (Lipinski definition) is 4. The van der Waals surface area contributed by atoms with Crippen LogP contribution in [0.15, 0.2) is 18.2 Å². The van der Waals surface area contributed by atoms with Crippen LogP contribution in [-0.2, 0) is 17.5 Å². The molecule has 2 bridgehead atoms. The minimum absolute atomic E-state index is 0.0244. The molecule has 5 rings (SSSR count). The third-order valence-electron chi connectivity index (χ3n) is 5.84. The molecule has 9 heteroatoms. The lowest BCUT2D eigenvalue weighted by atomic mass is 9.40. The average Bonchev–Trinajstić information content (AvgIpc) is 3.27. The van der Waals surface area contributed by atoms with Crippen molar-refractivity contribution in [3.05, 3.63) is 29.3 Å². The Kier molecular flexibility index (Phi) is 3.79. The molecule has 4 aliphatic carbocycles. The summed E-state index contributed by atoms with van der Waals surface area (Å²) < 4.78 is 53.8. The van der Waals surface area contributed by atoms with Crippen molar-refractivity contribution in [2.45, 2.75) is 55.5 Å². The zero-order chi connectivity index (χ0) is 19.7. The SMILES string of the molecule is CC1([S+]([O-])Nc2cc(C(F)(F)F)ccc2C(=O)NC23CC(C#N)(C2)C3)CC1. The Bertz CT molecular complexity index is 841. The van der Waals surface area contributed by atoms with Gasteiger partial charge in [0.1, 0.15) is 4.75 Å². The molecule has 144 valence electrons. The van der Waals surface area contributed by atoms with Crippen molar-refractivity contribution in [1.29, 1.82) is 5.26 Å². The van der Waals surface area contributed by atoms with Gasteiger partial charge >= 0.3 is 6.18 Å². The van der Waals surface area contributed by atoms with E-state index in [1.807, 2.05) is 0 Å². The van der Waals surface area contributed by atoms with E-state index in [1.165, 1.54) is 0 Å². The fourth-order valence-corrected chi connectivity index (χ4v) is 5.02. The number of nitriles is 1. The molecule has 27 heavy (non-hydrogen) atoms. The summed E-state index contributed by atoms with van der Waals surface area (Å²) in [6, 6.07) is 5.03. The number of halogens is 3. The second kappa shape index (κ2) is 5.55. The summed E-state index contributed by atoms with van der Waals surface area (Å²) in [5, 5.41) is 11.9. The fourth-order valence-electron chi connectivity index (χ4n) is 3.93. The fraction of sp³-hybridized carbons (Fsp3) is 0.556. The van der Waals surface area contributed by atoms with Crippen LogP contribution in [0, 0.1) is 16.7 Å². The predicted octanol–water partition coefficient (Wildman–Crippen LogP) is 3.51. The lowest BCUT2D eigenvalue weighted by Gasteiger charge is -2.66. The second-order valence-electron chi connectivity index (χ2n) is 8.24. The van der Waals surface area contributed by atoms with Gasteiger partial charge in [0.15, 0.2) is 0 Å². The van der Waals surface area contributed by atoms with Crippen LogP contribution < -0.4 is 10.0 Å². The highest BCUT2D eigenvalue weighted by molar-refractivity contribution is 7.94. The molecule has 1 amide bonds. The summed E-state index contributed by atoms with van der Waals surface area (Å²) in [7, 11) is 0. The van der Waals surface area contributed by atoms with Gasteiger partial charge in [-0.05, 0) is 44.4 Å². The van der Waals surface area contributed by atoms with Crippen molar-refractivity contribution < 1.29 is 22.5 Å². The Balaban J connectivity index is 1.57.